The standard InChI is InChI=1S/C17H19ClF3N3O3/c1-15(26,11-4-3-5-12(18)8-11)10-23-13(25)9-16(27,17(19,20)21)14-22-6-7-24(14)2/h3-8,26-27H,9-10H2,1-2H3,(H,23,25)/t15-,16+/m0/s1. The van der Waals surface area contributed by atoms with Gasteiger partial charge in [0, 0.05) is 24.5 Å². The van der Waals surface area contributed by atoms with E-state index in [0.717, 1.165) is 10.8 Å². The Morgan fingerprint density at radius 2 is 2.00 bits per heavy atom. The maximum atomic E-state index is 13.4. The lowest BCUT2D eigenvalue weighted by Crippen LogP contribution is -2.49. The van der Waals surface area contributed by atoms with Crippen molar-refractivity contribution in [1.29, 1.82) is 0 Å². The minimum atomic E-state index is -5.13. The van der Waals surface area contributed by atoms with Crippen LogP contribution in [0.1, 0.15) is 24.7 Å². The van der Waals surface area contributed by atoms with Crippen LogP contribution in [0.5, 0.6) is 0 Å². The van der Waals surface area contributed by atoms with E-state index < -0.39 is 35.5 Å². The van der Waals surface area contributed by atoms with Crippen LogP contribution in [0.15, 0.2) is 36.7 Å². The highest BCUT2D eigenvalue weighted by molar-refractivity contribution is 6.30. The quantitative estimate of drug-likeness (QED) is 0.688. The van der Waals surface area contributed by atoms with Crippen molar-refractivity contribution in [2.45, 2.75) is 30.7 Å². The third-order valence-electron chi connectivity index (χ3n) is 4.15. The third kappa shape index (κ3) is 4.60. The summed E-state index contributed by atoms with van der Waals surface area (Å²) in [6, 6.07) is 6.24. The van der Waals surface area contributed by atoms with Crippen LogP contribution in [-0.2, 0) is 23.0 Å². The normalized spacial score (nSPS) is 16.4. The minimum Gasteiger partial charge on any atom is -0.384 e. The monoisotopic (exact) mass is 405 g/mol. The summed E-state index contributed by atoms with van der Waals surface area (Å²) in [5.74, 6) is -1.80. The zero-order chi connectivity index (χ0) is 20.5. The molecule has 148 valence electrons. The highest BCUT2D eigenvalue weighted by Gasteiger charge is 2.58. The molecule has 0 radical (unpaired) electrons. The predicted molar refractivity (Wildman–Crippen MR) is 91.8 cm³/mol. The first-order chi connectivity index (χ1) is 12.4. The molecule has 1 amide bonds. The summed E-state index contributed by atoms with van der Waals surface area (Å²) in [6.07, 6.45) is -4.10. The number of rotatable bonds is 6. The molecule has 10 heteroatoms. The molecule has 2 aromatic rings. The summed E-state index contributed by atoms with van der Waals surface area (Å²) >= 11 is 5.86. The van der Waals surface area contributed by atoms with Crippen molar-refractivity contribution >= 4 is 17.5 Å². The Kier molecular flexibility index (Phi) is 5.88. The molecular weight excluding hydrogens is 387 g/mol. The van der Waals surface area contributed by atoms with Gasteiger partial charge < -0.3 is 20.1 Å². The summed E-state index contributed by atoms with van der Waals surface area (Å²) in [4.78, 5) is 15.6. The van der Waals surface area contributed by atoms with Gasteiger partial charge in [-0.1, -0.05) is 23.7 Å². The maximum absolute atomic E-state index is 13.4. The van der Waals surface area contributed by atoms with Crippen LogP contribution < -0.4 is 5.32 Å². The fourth-order valence-electron chi connectivity index (χ4n) is 2.56. The van der Waals surface area contributed by atoms with Gasteiger partial charge in [0.1, 0.15) is 5.60 Å². The summed E-state index contributed by atoms with van der Waals surface area (Å²) in [5.41, 5.74) is -4.65. The first-order valence-corrected chi connectivity index (χ1v) is 8.26. The van der Waals surface area contributed by atoms with Gasteiger partial charge in [0.25, 0.3) is 0 Å². The Bertz CT molecular complexity index is 823. The van der Waals surface area contributed by atoms with Gasteiger partial charge in [-0.25, -0.2) is 4.98 Å². The van der Waals surface area contributed by atoms with E-state index in [4.69, 9.17) is 11.6 Å². The van der Waals surface area contributed by atoms with E-state index in [1.54, 1.807) is 18.2 Å². The second-order valence-corrected chi connectivity index (χ2v) is 6.89. The van der Waals surface area contributed by atoms with Crippen LogP contribution in [0.3, 0.4) is 0 Å². The van der Waals surface area contributed by atoms with Crippen molar-refractivity contribution in [2.75, 3.05) is 6.54 Å². The van der Waals surface area contributed by atoms with E-state index in [-0.39, 0.29) is 6.54 Å². The number of amides is 1. The highest BCUT2D eigenvalue weighted by atomic mass is 35.5. The fourth-order valence-corrected chi connectivity index (χ4v) is 2.75. The van der Waals surface area contributed by atoms with Crippen molar-refractivity contribution in [1.82, 2.24) is 14.9 Å². The number of halogens is 4. The summed E-state index contributed by atoms with van der Waals surface area (Å²) < 4.78 is 41.3. The number of carbonyl (C=O) groups excluding carboxylic acids is 1. The van der Waals surface area contributed by atoms with Gasteiger partial charge in [-0.05, 0) is 24.6 Å². The van der Waals surface area contributed by atoms with Crippen LogP contribution in [-0.4, -0.2) is 38.4 Å². The molecule has 1 aromatic heterocycles. The molecule has 0 aliphatic carbocycles. The lowest BCUT2D eigenvalue weighted by atomic mass is 9.94. The third-order valence-corrected chi connectivity index (χ3v) is 4.39. The number of hydrogen-bond donors (Lipinski definition) is 3. The van der Waals surface area contributed by atoms with Crippen molar-refractivity contribution in [3.8, 4) is 0 Å². The molecular formula is C17H19ClF3N3O3. The number of benzene rings is 1. The van der Waals surface area contributed by atoms with Gasteiger partial charge >= 0.3 is 6.18 Å². The van der Waals surface area contributed by atoms with E-state index >= 15 is 0 Å². The van der Waals surface area contributed by atoms with Gasteiger partial charge in [0.15, 0.2) is 5.82 Å². The zero-order valence-corrected chi connectivity index (χ0v) is 15.3. The molecule has 2 rings (SSSR count). The molecule has 0 saturated carbocycles. The van der Waals surface area contributed by atoms with E-state index in [1.807, 2.05) is 0 Å². The second-order valence-electron chi connectivity index (χ2n) is 6.46. The Morgan fingerprint density at radius 1 is 1.33 bits per heavy atom. The summed E-state index contributed by atoms with van der Waals surface area (Å²) in [7, 11) is 1.28. The fraction of sp³-hybridized carbons (Fsp3) is 0.412. The first kappa shape index (κ1) is 21.2. The Labute approximate surface area is 158 Å². The Hall–Kier alpha value is -2.10. The van der Waals surface area contributed by atoms with E-state index in [0.29, 0.717) is 10.6 Å². The molecule has 27 heavy (non-hydrogen) atoms. The number of imidazole rings is 1. The number of carbonyl (C=O) groups is 1. The molecule has 1 aromatic carbocycles. The molecule has 0 bridgehead atoms. The summed E-state index contributed by atoms with van der Waals surface area (Å²) in [5, 5.41) is 23.2. The first-order valence-electron chi connectivity index (χ1n) is 7.89. The largest absolute Gasteiger partial charge is 0.425 e. The number of alkyl halides is 3. The van der Waals surface area contributed by atoms with Crippen LogP contribution in [0.4, 0.5) is 13.2 Å². The number of aliphatic hydroxyl groups is 2. The van der Waals surface area contributed by atoms with Gasteiger partial charge in [0.05, 0.1) is 13.0 Å². The Morgan fingerprint density at radius 3 is 2.52 bits per heavy atom. The van der Waals surface area contributed by atoms with Crippen LogP contribution in [0.2, 0.25) is 5.02 Å². The number of aromatic nitrogens is 2. The molecule has 0 fully saturated rings. The van der Waals surface area contributed by atoms with E-state index in [2.05, 4.69) is 10.3 Å². The van der Waals surface area contributed by atoms with Crippen LogP contribution >= 0.6 is 11.6 Å². The predicted octanol–water partition coefficient (Wildman–Crippen LogP) is 2.24. The molecule has 3 N–H and O–H groups in total. The second kappa shape index (κ2) is 7.49. The lowest BCUT2D eigenvalue weighted by molar-refractivity contribution is -0.271. The molecule has 0 saturated heterocycles. The SMILES string of the molecule is Cn1ccnc1[C@](O)(CC(=O)NC[C@](C)(O)c1cccc(Cl)c1)C(F)(F)F. The van der Waals surface area contributed by atoms with Crippen molar-refractivity contribution < 1.29 is 28.2 Å². The average Bonchev–Trinajstić information content (AvgIpc) is 2.98. The number of hydrogen-bond acceptors (Lipinski definition) is 4. The highest BCUT2D eigenvalue weighted by Crippen LogP contribution is 2.40. The average molecular weight is 406 g/mol. The van der Waals surface area contributed by atoms with Gasteiger partial charge in [-0.2, -0.15) is 13.2 Å². The number of nitrogens with zero attached hydrogens (tertiary/aromatic N) is 2. The molecule has 6 nitrogen and oxygen atoms in total. The molecule has 0 spiro atoms. The smallest absolute Gasteiger partial charge is 0.384 e. The molecule has 2 atom stereocenters. The van der Waals surface area contributed by atoms with Gasteiger partial charge in [-0.3, -0.25) is 4.79 Å². The number of aryl methyl sites for hydroxylation is 1. The molecule has 0 aliphatic rings. The van der Waals surface area contributed by atoms with Crippen molar-refractivity contribution in [3.63, 3.8) is 0 Å². The zero-order valence-electron chi connectivity index (χ0n) is 14.6. The van der Waals surface area contributed by atoms with Crippen LogP contribution in [0.25, 0.3) is 0 Å². The summed E-state index contributed by atoms with van der Waals surface area (Å²) in [6.45, 7) is 1.01. The molecule has 0 unspecified atom stereocenters. The number of nitrogens with one attached hydrogen (secondary N) is 1. The van der Waals surface area contributed by atoms with Gasteiger partial charge in [0.2, 0.25) is 11.5 Å². The Balaban J connectivity index is 2.14. The molecule has 0 aliphatic heterocycles. The molecule has 1 heterocycles. The maximum Gasteiger partial charge on any atom is 0.425 e. The topological polar surface area (TPSA) is 87.4 Å². The lowest BCUT2D eigenvalue weighted by Gasteiger charge is -2.30. The van der Waals surface area contributed by atoms with E-state index in [1.165, 1.54) is 26.2 Å². The van der Waals surface area contributed by atoms with Gasteiger partial charge in [-0.15, -0.1) is 0 Å². The van der Waals surface area contributed by atoms with E-state index in [9.17, 15) is 28.2 Å². The van der Waals surface area contributed by atoms with Crippen LogP contribution in [0, 0.1) is 0 Å². The van der Waals surface area contributed by atoms with Crippen molar-refractivity contribution in [2.24, 2.45) is 7.05 Å². The van der Waals surface area contributed by atoms with Crippen molar-refractivity contribution in [3.05, 3.63) is 53.1 Å². The minimum absolute atomic E-state index is 0.361.